The summed E-state index contributed by atoms with van der Waals surface area (Å²) in [5.74, 6) is 0.671. The van der Waals surface area contributed by atoms with E-state index in [0.717, 1.165) is 18.8 Å². The largest absolute Gasteiger partial charge is 0.469 e. The number of nitrogens with two attached hydrogens (primary N) is 1. The lowest BCUT2D eigenvalue weighted by Gasteiger charge is -2.20. The molecule has 0 spiro atoms. The van der Waals surface area contributed by atoms with Crippen molar-refractivity contribution in [2.75, 3.05) is 7.11 Å². The lowest BCUT2D eigenvalue weighted by Crippen LogP contribution is -2.28. The standard InChI is InChI=1S/C15H25NO2/c1-18-14(17)7-5-3-2-4-6-13-11-8-9-12(10-11)15(13)16/h12,15H,2-10,16H2,1H3/t12-,15-/m0/s1. The molecule has 2 atom stereocenters. The molecule has 2 aliphatic rings. The van der Waals surface area contributed by atoms with Gasteiger partial charge in [-0.25, -0.2) is 0 Å². The number of methoxy groups -OCH3 is 1. The predicted molar refractivity (Wildman–Crippen MR) is 72.1 cm³/mol. The average molecular weight is 251 g/mol. The van der Waals surface area contributed by atoms with E-state index in [4.69, 9.17) is 5.73 Å². The van der Waals surface area contributed by atoms with E-state index in [1.807, 2.05) is 0 Å². The molecule has 0 saturated heterocycles. The number of hydrogen-bond donors (Lipinski definition) is 1. The van der Waals surface area contributed by atoms with Crippen molar-refractivity contribution in [1.82, 2.24) is 0 Å². The maximum atomic E-state index is 10.9. The molecule has 0 unspecified atom stereocenters. The van der Waals surface area contributed by atoms with Gasteiger partial charge in [0.1, 0.15) is 0 Å². The molecule has 1 fully saturated rings. The Kier molecular flexibility index (Phi) is 4.81. The molecule has 3 nitrogen and oxygen atoms in total. The van der Waals surface area contributed by atoms with E-state index >= 15 is 0 Å². The highest BCUT2D eigenvalue weighted by atomic mass is 16.5. The molecule has 0 amide bonds. The Morgan fingerprint density at radius 3 is 2.78 bits per heavy atom. The molecule has 0 aromatic carbocycles. The Balaban J connectivity index is 1.58. The van der Waals surface area contributed by atoms with Crippen LogP contribution >= 0.6 is 0 Å². The maximum absolute atomic E-state index is 10.9. The van der Waals surface area contributed by atoms with Crippen LogP contribution in [-0.2, 0) is 9.53 Å². The van der Waals surface area contributed by atoms with E-state index in [1.54, 1.807) is 11.1 Å². The normalized spacial score (nSPS) is 25.9. The van der Waals surface area contributed by atoms with Gasteiger partial charge in [-0.2, -0.15) is 0 Å². The van der Waals surface area contributed by atoms with Crippen LogP contribution in [0.2, 0.25) is 0 Å². The van der Waals surface area contributed by atoms with Crippen molar-refractivity contribution in [3.63, 3.8) is 0 Å². The number of carbonyl (C=O) groups is 1. The summed E-state index contributed by atoms with van der Waals surface area (Å²) in [6.07, 6.45) is 10.1. The highest BCUT2D eigenvalue weighted by Crippen LogP contribution is 2.44. The minimum Gasteiger partial charge on any atom is -0.469 e. The zero-order chi connectivity index (χ0) is 13.0. The molecule has 0 aromatic rings. The second-order valence-corrected chi connectivity index (χ2v) is 5.65. The van der Waals surface area contributed by atoms with Gasteiger partial charge >= 0.3 is 5.97 Å². The summed E-state index contributed by atoms with van der Waals surface area (Å²) in [5.41, 5.74) is 9.48. The number of ether oxygens (including phenoxy) is 1. The third kappa shape index (κ3) is 3.14. The minimum absolute atomic E-state index is 0.0879. The Morgan fingerprint density at radius 1 is 1.33 bits per heavy atom. The molecule has 2 aliphatic carbocycles. The van der Waals surface area contributed by atoms with Gasteiger partial charge in [0.25, 0.3) is 0 Å². The molecule has 2 rings (SSSR count). The number of carbonyl (C=O) groups excluding carboxylic acids is 1. The average Bonchev–Trinajstić information content (AvgIpc) is 2.95. The number of rotatable bonds is 7. The Labute approximate surface area is 110 Å². The van der Waals surface area contributed by atoms with Gasteiger partial charge < -0.3 is 10.5 Å². The Morgan fingerprint density at radius 2 is 2.11 bits per heavy atom. The lowest BCUT2D eigenvalue weighted by molar-refractivity contribution is -0.140. The van der Waals surface area contributed by atoms with Crippen LogP contribution in [0.5, 0.6) is 0 Å². The molecule has 0 heterocycles. The van der Waals surface area contributed by atoms with E-state index in [-0.39, 0.29) is 5.97 Å². The van der Waals surface area contributed by atoms with Gasteiger partial charge in [0.05, 0.1) is 7.11 Å². The van der Waals surface area contributed by atoms with Gasteiger partial charge in [-0.05, 0) is 44.4 Å². The molecule has 102 valence electrons. The summed E-state index contributed by atoms with van der Waals surface area (Å²) in [4.78, 5) is 10.9. The van der Waals surface area contributed by atoms with Gasteiger partial charge in [0.2, 0.25) is 0 Å². The highest BCUT2D eigenvalue weighted by Gasteiger charge is 2.36. The number of allylic oxidation sites excluding steroid dienone is 1. The van der Waals surface area contributed by atoms with E-state index < -0.39 is 0 Å². The van der Waals surface area contributed by atoms with E-state index in [0.29, 0.717) is 12.5 Å². The van der Waals surface area contributed by atoms with Crippen LogP contribution in [-0.4, -0.2) is 19.1 Å². The zero-order valence-corrected chi connectivity index (χ0v) is 11.4. The van der Waals surface area contributed by atoms with Crippen molar-refractivity contribution in [3.05, 3.63) is 11.1 Å². The maximum Gasteiger partial charge on any atom is 0.305 e. The van der Waals surface area contributed by atoms with Gasteiger partial charge in [0, 0.05) is 12.5 Å². The number of hydrogen-bond acceptors (Lipinski definition) is 3. The SMILES string of the molecule is COC(=O)CCCCCCC1=C2CC[C@@H](C2)[C@@H]1N. The molecule has 2 bridgehead atoms. The second-order valence-electron chi connectivity index (χ2n) is 5.65. The molecule has 3 heteroatoms. The van der Waals surface area contributed by atoms with Gasteiger partial charge in [-0.3, -0.25) is 4.79 Å². The fourth-order valence-corrected chi connectivity index (χ4v) is 3.38. The first-order valence-electron chi connectivity index (χ1n) is 7.25. The van der Waals surface area contributed by atoms with Crippen LogP contribution < -0.4 is 5.73 Å². The second kappa shape index (κ2) is 6.37. The topological polar surface area (TPSA) is 52.3 Å². The summed E-state index contributed by atoms with van der Waals surface area (Å²) in [6.45, 7) is 0. The highest BCUT2D eigenvalue weighted by molar-refractivity contribution is 5.68. The van der Waals surface area contributed by atoms with Crippen molar-refractivity contribution in [2.45, 2.75) is 63.8 Å². The van der Waals surface area contributed by atoms with Crippen molar-refractivity contribution < 1.29 is 9.53 Å². The number of fused-ring (bicyclic) bond motifs is 2. The van der Waals surface area contributed by atoms with Gasteiger partial charge in [0.15, 0.2) is 0 Å². The summed E-state index contributed by atoms with van der Waals surface area (Å²) >= 11 is 0. The third-order valence-electron chi connectivity index (χ3n) is 4.49. The van der Waals surface area contributed by atoms with Crippen molar-refractivity contribution in [1.29, 1.82) is 0 Å². The van der Waals surface area contributed by atoms with E-state index in [2.05, 4.69) is 4.74 Å². The molecule has 2 N–H and O–H groups in total. The predicted octanol–water partition coefficient (Wildman–Crippen LogP) is 2.94. The Hall–Kier alpha value is -0.830. The summed E-state index contributed by atoms with van der Waals surface area (Å²) in [6, 6.07) is 0.365. The molecule has 0 aromatic heterocycles. The molecule has 0 aliphatic heterocycles. The fourth-order valence-electron chi connectivity index (χ4n) is 3.38. The number of unbranched alkanes of at least 4 members (excludes halogenated alkanes) is 3. The van der Waals surface area contributed by atoms with Crippen molar-refractivity contribution >= 4 is 5.97 Å². The Bertz CT molecular complexity index is 335. The quantitative estimate of drug-likeness (QED) is 0.430. The van der Waals surface area contributed by atoms with Crippen LogP contribution in [0.15, 0.2) is 11.1 Å². The van der Waals surface area contributed by atoms with Crippen molar-refractivity contribution in [3.8, 4) is 0 Å². The van der Waals surface area contributed by atoms with Crippen LogP contribution in [0, 0.1) is 5.92 Å². The molecular weight excluding hydrogens is 226 g/mol. The van der Waals surface area contributed by atoms with Gasteiger partial charge in [-0.15, -0.1) is 0 Å². The smallest absolute Gasteiger partial charge is 0.305 e. The molecule has 1 saturated carbocycles. The fraction of sp³-hybridized carbons (Fsp3) is 0.800. The number of esters is 1. The molecule has 0 radical (unpaired) electrons. The summed E-state index contributed by atoms with van der Waals surface area (Å²) < 4.78 is 4.62. The van der Waals surface area contributed by atoms with Crippen LogP contribution in [0.4, 0.5) is 0 Å². The van der Waals surface area contributed by atoms with Crippen LogP contribution in [0.3, 0.4) is 0 Å². The lowest BCUT2D eigenvalue weighted by atomic mass is 9.90. The minimum atomic E-state index is -0.0879. The van der Waals surface area contributed by atoms with Crippen molar-refractivity contribution in [2.24, 2.45) is 11.7 Å². The van der Waals surface area contributed by atoms with E-state index in [9.17, 15) is 4.79 Å². The summed E-state index contributed by atoms with van der Waals surface area (Å²) in [7, 11) is 1.45. The van der Waals surface area contributed by atoms with Crippen LogP contribution in [0.25, 0.3) is 0 Å². The third-order valence-corrected chi connectivity index (χ3v) is 4.49. The monoisotopic (exact) mass is 251 g/mol. The molecule has 18 heavy (non-hydrogen) atoms. The molecular formula is C15H25NO2. The first-order valence-corrected chi connectivity index (χ1v) is 7.25. The van der Waals surface area contributed by atoms with Crippen LogP contribution in [0.1, 0.15) is 57.8 Å². The summed E-state index contributed by atoms with van der Waals surface area (Å²) in [5, 5.41) is 0. The first kappa shape index (κ1) is 13.6. The first-order chi connectivity index (χ1) is 8.72. The van der Waals surface area contributed by atoms with Gasteiger partial charge in [-0.1, -0.05) is 24.0 Å². The zero-order valence-electron chi connectivity index (χ0n) is 11.4. The van der Waals surface area contributed by atoms with E-state index in [1.165, 1.54) is 45.6 Å².